The van der Waals surface area contributed by atoms with Crippen molar-refractivity contribution >= 4 is 17.9 Å². The van der Waals surface area contributed by atoms with Gasteiger partial charge >= 0.3 is 12.0 Å². The Labute approximate surface area is 74.5 Å². The van der Waals surface area contributed by atoms with Gasteiger partial charge in [0.2, 0.25) is 5.91 Å². The van der Waals surface area contributed by atoms with E-state index < -0.39 is 12.0 Å². The van der Waals surface area contributed by atoms with Crippen LogP contribution in [-0.2, 0) is 9.59 Å². The molecule has 13 heavy (non-hydrogen) atoms. The lowest BCUT2D eigenvalue weighted by atomic mass is 10.3. The van der Waals surface area contributed by atoms with Gasteiger partial charge in [-0.2, -0.15) is 0 Å². The van der Waals surface area contributed by atoms with E-state index >= 15 is 0 Å². The van der Waals surface area contributed by atoms with E-state index in [-0.39, 0.29) is 25.3 Å². The van der Waals surface area contributed by atoms with Crippen LogP contribution in [0.2, 0.25) is 0 Å². The molecule has 0 spiro atoms. The Morgan fingerprint density at radius 2 is 2.23 bits per heavy atom. The summed E-state index contributed by atoms with van der Waals surface area (Å²) in [6.07, 6.45) is 0.146. The normalized spacial score (nSPS) is 17.1. The van der Waals surface area contributed by atoms with Crippen LogP contribution in [-0.4, -0.2) is 41.0 Å². The second-order valence-electron chi connectivity index (χ2n) is 2.73. The van der Waals surface area contributed by atoms with Crippen molar-refractivity contribution in [3.63, 3.8) is 0 Å². The zero-order valence-corrected chi connectivity index (χ0v) is 6.95. The lowest BCUT2D eigenvalue weighted by molar-refractivity contribution is -0.137. The highest BCUT2D eigenvalue weighted by molar-refractivity contribution is 5.96. The van der Waals surface area contributed by atoms with Gasteiger partial charge in [-0.05, 0) is 0 Å². The number of nitrogens with one attached hydrogen (secondary N) is 1. The summed E-state index contributed by atoms with van der Waals surface area (Å²) in [5.41, 5.74) is 0. The van der Waals surface area contributed by atoms with E-state index in [2.05, 4.69) is 5.32 Å². The molecule has 72 valence electrons. The summed E-state index contributed by atoms with van der Waals surface area (Å²) in [6, 6.07) is -0.502. The van der Waals surface area contributed by atoms with E-state index in [0.717, 1.165) is 0 Å². The van der Waals surface area contributed by atoms with E-state index in [0.29, 0.717) is 6.54 Å². The van der Waals surface area contributed by atoms with Crippen molar-refractivity contribution in [2.75, 3.05) is 13.1 Å². The zero-order valence-electron chi connectivity index (χ0n) is 6.95. The SMILES string of the molecule is O=C(O)CCN1CCC(=O)NC1=O. The van der Waals surface area contributed by atoms with Crippen LogP contribution in [0.1, 0.15) is 12.8 Å². The van der Waals surface area contributed by atoms with Gasteiger partial charge < -0.3 is 10.0 Å². The van der Waals surface area contributed by atoms with Crippen molar-refractivity contribution in [2.45, 2.75) is 12.8 Å². The predicted molar refractivity (Wildman–Crippen MR) is 42.0 cm³/mol. The summed E-state index contributed by atoms with van der Waals surface area (Å²) in [7, 11) is 0. The molecule has 2 N–H and O–H groups in total. The Balaban J connectivity index is 2.38. The van der Waals surface area contributed by atoms with E-state index in [9.17, 15) is 14.4 Å². The number of carboxylic acids is 1. The van der Waals surface area contributed by atoms with Gasteiger partial charge in [0.05, 0.1) is 6.42 Å². The molecule has 0 aromatic rings. The number of urea groups is 1. The molecule has 6 heteroatoms. The molecule has 0 aromatic carbocycles. The van der Waals surface area contributed by atoms with Gasteiger partial charge in [0.1, 0.15) is 0 Å². The quantitative estimate of drug-likeness (QED) is 0.616. The lowest BCUT2D eigenvalue weighted by Gasteiger charge is -2.25. The number of imide groups is 1. The topological polar surface area (TPSA) is 86.7 Å². The van der Waals surface area contributed by atoms with Crippen molar-refractivity contribution in [3.8, 4) is 0 Å². The van der Waals surface area contributed by atoms with Gasteiger partial charge in [0.15, 0.2) is 0 Å². The molecule has 3 amide bonds. The molecule has 1 rings (SSSR count). The third kappa shape index (κ3) is 2.73. The van der Waals surface area contributed by atoms with Gasteiger partial charge in [-0.3, -0.25) is 14.9 Å². The number of aliphatic carboxylic acids is 1. The highest BCUT2D eigenvalue weighted by Gasteiger charge is 2.22. The second-order valence-corrected chi connectivity index (χ2v) is 2.73. The molecule has 0 aliphatic carbocycles. The molecule has 1 aliphatic rings. The fourth-order valence-corrected chi connectivity index (χ4v) is 1.04. The van der Waals surface area contributed by atoms with Gasteiger partial charge in [0.25, 0.3) is 0 Å². The first-order valence-corrected chi connectivity index (χ1v) is 3.90. The molecule has 1 aliphatic heterocycles. The Morgan fingerprint density at radius 3 is 2.77 bits per heavy atom. The zero-order chi connectivity index (χ0) is 9.84. The molecule has 0 atom stereocenters. The average molecular weight is 186 g/mol. The van der Waals surface area contributed by atoms with E-state index in [4.69, 9.17) is 5.11 Å². The van der Waals surface area contributed by atoms with Gasteiger partial charge in [-0.15, -0.1) is 0 Å². The molecule has 1 fully saturated rings. The van der Waals surface area contributed by atoms with Crippen molar-refractivity contribution in [3.05, 3.63) is 0 Å². The summed E-state index contributed by atoms with van der Waals surface area (Å²) in [5.74, 6) is -1.26. The van der Waals surface area contributed by atoms with Crippen LogP contribution in [0.3, 0.4) is 0 Å². The molecule has 0 aromatic heterocycles. The Hall–Kier alpha value is -1.59. The molecular formula is C7H10N2O4. The fourth-order valence-electron chi connectivity index (χ4n) is 1.04. The number of amides is 3. The van der Waals surface area contributed by atoms with Gasteiger partial charge in [-0.25, -0.2) is 4.79 Å². The largest absolute Gasteiger partial charge is 0.481 e. The first-order chi connectivity index (χ1) is 6.09. The third-order valence-corrected chi connectivity index (χ3v) is 1.74. The maximum Gasteiger partial charge on any atom is 0.324 e. The molecule has 0 unspecified atom stereocenters. The van der Waals surface area contributed by atoms with E-state index in [1.807, 2.05) is 0 Å². The van der Waals surface area contributed by atoms with Crippen LogP contribution in [0.5, 0.6) is 0 Å². The minimum absolute atomic E-state index is 0.0956. The van der Waals surface area contributed by atoms with Crippen LogP contribution < -0.4 is 5.32 Å². The lowest BCUT2D eigenvalue weighted by Crippen LogP contribution is -2.49. The summed E-state index contributed by atoms with van der Waals surface area (Å²) in [4.78, 5) is 33.2. The number of hydrogen-bond donors (Lipinski definition) is 2. The molecular weight excluding hydrogens is 176 g/mol. The number of rotatable bonds is 3. The first kappa shape index (κ1) is 9.50. The van der Waals surface area contributed by atoms with Gasteiger partial charge in [0, 0.05) is 19.5 Å². The fraction of sp³-hybridized carbons (Fsp3) is 0.571. The monoisotopic (exact) mass is 186 g/mol. The Bertz CT molecular complexity index is 251. The summed E-state index contributed by atoms with van der Waals surface area (Å²) in [6.45, 7) is 0.451. The smallest absolute Gasteiger partial charge is 0.324 e. The van der Waals surface area contributed by atoms with Crippen molar-refractivity contribution in [2.24, 2.45) is 0 Å². The van der Waals surface area contributed by atoms with Crippen LogP contribution in [0.25, 0.3) is 0 Å². The van der Waals surface area contributed by atoms with Crippen molar-refractivity contribution < 1.29 is 19.5 Å². The van der Waals surface area contributed by atoms with Crippen LogP contribution in [0.15, 0.2) is 0 Å². The third-order valence-electron chi connectivity index (χ3n) is 1.74. The summed E-state index contributed by atoms with van der Waals surface area (Å²) in [5, 5.41) is 10.5. The minimum Gasteiger partial charge on any atom is -0.481 e. The number of carboxylic acid groups (broad SMARTS) is 1. The van der Waals surface area contributed by atoms with Crippen LogP contribution in [0.4, 0.5) is 4.79 Å². The van der Waals surface area contributed by atoms with Crippen molar-refractivity contribution in [1.82, 2.24) is 10.2 Å². The molecule has 1 saturated heterocycles. The Kier molecular flexibility index (Phi) is 2.84. The molecule has 6 nitrogen and oxygen atoms in total. The summed E-state index contributed by atoms with van der Waals surface area (Å²) >= 11 is 0. The molecule has 0 bridgehead atoms. The van der Waals surface area contributed by atoms with E-state index in [1.165, 1.54) is 4.90 Å². The van der Waals surface area contributed by atoms with Gasteiger partial charge in [-0.1, -0.05) is 0 Å². The predicted octanol–water partition coefficient (Wildman–Crippen LogP) is -0.597. The average Bonchev–Trinajstić information content (AvgIpc) is 2.02. The number of hydrogen-bond acceptors (Lipinski definition) is 3. The Morgan fingerprint density at radius 1 is 1.54 bits per heavy atom. The van der Waals surface area contributed by atoms with Crippen molar-refractivity contribution in [1.29, 1.82) is 0 Å². The standard InChI is InChI=1S/C7H10N2O4/c10-5-1-3-9(7(13)8-5)4-2-6(11)12/h1-4H2,(H,11,12)(H,8,10,13). The highest BCUT2D eigenvalue weighted by Crippen LogP contribution is 2.00. The van der Waals surface area contributed by atoms with E-state index in [1.54, 1.807) is 0 Å². The molecule has 0 saturated carbocycles. The second kappa shape index (κ2) is 3.88. The maximum absolute atomic E-state index is 11.0. The van der Waals surface area contributed by atoms with Crippen LogP contribution in [0, 0.1) is 0 Å². The summed E-state index contributed by atoms with van der Waals surface area (Å²) < 4.78 is 0. The van der Waals surface area contributed by atoms with Crippen LogP contribution >= 0.6 is 0 Å². The highest BCUT2D eigenvalue weighted by atomic mass is 16.4. The first-order valence-electron chi connectivity index (χ1n) is 3.90. The maximum atomic E-state index is 11.0. The minimum atomic E-state index is -0.954. The number of nitrogens with zero attached hydrogens (tertiary/aromatic N) is 1. The molecule has 1 heterocycles. The number of carbonyl (C=O) groups excluding carboxylic acids is 2. The molecule has 0 radical (unpaired) electrons. The number of carbonyl (C=O) groups is 3.